The first-order valence-corrected chi connectivity index (χ1v) is 12.8. The van der Waals surface area contributed by atoms with Gasteiger partial charge in [0.05, 0.1) is 12.0 Å². The minimum atomic E-state index is -0.202. The number of carbonyl (C=O) groups is 1. The maximum absolute atomic E-state index is 12.3. The molecule has 2 aromatic heterocycles. The van der Waals surface area contributed by atoms with E-state index in [9.17, 15) is 4.79 Å². The minimum absolute atomic E-state index is 0.0729. The zero-order valence-electron chi connectivity index (χ0n) is 19.6. The highest BCUT2D eigenvalue weighted by molar-refractivity contribution is 7.99. The molecule has 4 aromatic rings. The number of amides is 1. The van der Waals surface area contributed by atoms with Crippen LogP contribution in [0, 0.1) is 6.92 Å². The molecule has 0 fully saturated rings. The zero-order valence-corrected chi connectivity index (χ0v) is 21.3. The lowest BCUT2D eigenvalue weighted by Crippen LogP contribution is -2.19. The van der Waals surface area contributed by atoms with Crippen LogP contribution in [-0.2, 0) is 10.2 Å². The summed E-state index contributed by atoms with van der Waals surface area (Å²) < 4.78 is 2.00. The summed E-state index contributed by atoms with van der Waals surface area (Å²) in [7, 11) is 0. The molecule has 0 saturated carbocycles. The molecule has 0 atom stereocenters. The van der Waals surface area contributed by atoms with Gasteiger partial charge in [-0.25, -0.2) is 5.43 Å². The fourth-order valence-corrected chi connectivity index (χ4v) is 4.62. The van der Waals surface area contributed by atoms with Crippen molar-refractivity contribution in [2.75, 3.05) is 5.75 Å². The van der Waals surface area contributed by atoms with Crippen molar-refractivity contribution in [3.05, 3.63) is 82.0 Å². The van der Waals surface area contributed by atoms with Crippen LogP contribution in [0.15, 0.2) is 76.3 Å². The average Bonchev–Trinajstić information content (AvgIpc) is 3.48. The summed E-state index contributed by atoms with van der Waals surface area (Å²) in [5, 5.41) is 15.5. The van der Waals surface area contributed by atoms with E-state index in [0.717, 1.165) is 22.0 Å². The molecule has 8 heteroatoms. The molecule has 0 bridgehead atoms. The van der Waals surface area contributed by atoms with Crippen molar-refractivity contribution in [3.63, 3.8) is 0 Å². The van der Waals surface area contributed by atoms with Crippen molar-refractivity contribution >= 4 is 35.2 Å². The largest absolute Gasteiger partial charge is 0.272 e. The molecule has 1 amide bonds. The first kappa shape index (κ1) is 23.9. The molecule has 2 heterocycles. The summed E-state index contributed by atoms with van der Waals surface area (Å²) in [5.74, 6) is 0.713. The van der Waals surface area contributed by atoms with Crippen LogP contribution in [-0.4, -0.2) is 32.6 Å². The number of nitrogens with zero attached hydrogens (tertiary/aromatic N) is 4. The summed E-state index contributed by atoms with van der Waals surface area (Å²) in [6.07, 6.45) is 1.64. The predicted octanol–water partition coefficient (Wildman–Crippen LogP) is 5.84. The summed E-state index contributed by atoms with van der Waals surface area (Å²) in [6, 6.07) is 20.5. The molecule has 0 aliphatic heterocycles. The third-order valence-electron chi connectivity index (χ3n) is 5.19. The highest BCUT2D eigenvalue weighted by Gasteiger charge is 2.19. The van der Waals surface area contributed by atoms with Crippen molar-refractivity contribution in [1.29, 1.82) is 0 Å². The third kappa shape index (κ3) is 5.81. The normalized spacial score (nSPS) is 11.8. The van der Waals surface area contributed by atoms with E-state index in [2.05, 4.69) is 84.8 Å². The smallest absolute Gasteiger partial charge is 0.250 e. The van der Waals surface area contributed by atoms with Crippen LogP contribution in [0.4, 0.5) is 0 Å². The SMILES string of the molecule is Cc1ccc(-n2c(SCC(=O)NN=Cc3cccs3)nnc2-c2ccc(C(C)(C)C)cc2)cc1. The Morgan fingerprint density at radius 2 is 1.82 bits per heavy atom. The molecule has 0 unspecified atom stereocenters. The Kier molecular flexibility index (Phi) is 7.29. The standard InChI is InChI=1S/C26H27N5OS2/c1-18-7-13-21(14-8-18)31-24(19-9-11-20(12-10-19)26(2,3)4)29-30-25(31)34-17-23(32)28-27-16-22-6-5-15-33-22/h5-16H,17H2,1-4H3,(H,28,32). The molecule has 0 spiro atoms. The van der Waals surface area contributed by atoms with Gasteiger partial charge in [-0.2, -0.15) is 5.10 Å². The van der Waals surface area contributed by atoms with E-state index in [4.69, 9.17) is 0 Å². The maximum Gasteiger partial charge on any atom is 0.250 e. The Morgan fingerprint density at radius 1 is 1.09 bits per heavy atom. The van der Waals surface area contributed by atoms with Crippen molar-refractivity contribution < 1.29 is 4.79 Å². The van der Waals surface area contributed by atoms with Crippen LogP contribution in [0.2, 0.25) is 0 Å². The van der Waals surface area contributed by atoms with E-state index in [1.165, 1.54) is 22.9 Å². The van der Waals surface area contributed by atoms with Gasteiger partial charge < -0.3 is 0 Å². The summed E-state index contributed by atoms with van der Waals surface area (Å²) in [5.41, 5.74) is 6.99. The van der Waals surface area contributed by atoms with E-state index in [1.807, 2.05) is 34.2 Å². The van der Waals surface area contributed by atoms with E-state index in [0.29, 0.717) is 5.16 Å². The van der Waals surface area contributed by atoms with Gasteiger partial charge in [-0.1, -0.05) is 80.6 Å². The van der Waals surface area contributed by atoms with Gasteiger partial charge in [-0.05, 0) is 41.5 Å². The van der Waals surface area contributed by atoms with Gasteiger partial charge in [-0.3, -0.25) is 9.36 Å². The Balaban J connectivity index is 1.57. The van der Waals surface area contributed by atoms with Crippen LogP contribution >= 0.6 is 23.1 Å². The van der Waals surface area contributed by atoms with Gasteiger partial charge in [0.2, 0.25) is 0 Å². The zero-order chi connectivity index (χ0) is 24.1. The van der Waals surface area contributed by atoms with Crippen LogP contribution < -0.4 is 5.43 Å². The van der Waals surface area contributed by atoms with Gasteiger partial charge in [0.25, 0.3) is 5.91 Å². The summed E-state index contributed by atoms with van der Waals surface area (Å²) >= 11 is 2.89. The number of nitrogens with one attached hydrogen (secondary N) is 1. The van der Waals surface area contributed by atoms with E-state index < -0.39 is 0 Å². The lowest BCUT2D eigenvalue weighted by molar-refractivity contribution is -0.118. The Morgan fingerprint density at radius 3 is 2.47 bits per heavy atom. The highest BCUT2D eigenvalue weighted by Crippen LogP contribution is 2.30. The number of thioether (sulfide) groups is 1. The predicted molar refractivity (Wildman–Crippen MR) is 141 cm³/mol. The molecule has 0 aliphatic carbocycles. The van der Waals surface area contributed by atoms with E-state index in [1.54, 1.807) is 17.6 Å². The molecule has 1 N–H and O–H groups in total. The number of hydrogen-bond donors (Lipinski definition) is 1. The summed E-state index contributed by atoms with van der Waals surface area (Å²) in [4.78, 5) is 13.3. The van der Waals surface area contributed by atoms with Gasteiger partial charge in [0.1, 0.15) is 0 Å². The molecule has 0 saturated heterocycles. The van der Waals surface area contributed by atoms with E-state index in [-0.39, 0.29) is 17.1 Å². The molecule has 0 radical (unpaired) electrons. The molecule has 2 aromatic carbocycles. The first-order chi connectivity index (χ1) is 16.3. The first-order valence-electron chi connectivity index (χ1n) is 10.9. The number of hydrogen-bond acceptors (Lipinski definition) is 6. The monoisotopic (exact) mass is 489 g/mol. The van der Waals surface area contributed by atoms with Gasteiger partial charge in [0.15, 0.2) is 11.0 Å². The van der Waals surface area contributed by atoms with Crippen LogP contribution in [0.25, 0.3) is 17.1 Å². The second-order valence-electron chi connectivity index (χ2n) is 8.90. The number of rotatable bonds is 7. The number of aryl methyl sites for hydroxylation is 1. The summed E-state index contributed by atoms with van der Waals surface area (Å²) in [6.45, 7) is 8.64. The van der Waals surface area contributed by atoms with E-state index >= 15 is 0 Å². The lowest BCUT2D eigenvalue weighted by atomic mass is 9.87. The fourth-order valence-electron chi connectivity index (χ4n) is 3.29. The average molecular weight is 490 g/mol. The van der Waals surface area contributed by atoms with Crippen molar-refractivity contribution in [2.45, 2.75) is 38.3 Å². The second kappa shape index (κ2) is 10.4. The van der Waals surface area contributed by atoms with Gasteiger partial charge in [-0.15, -0.1) is 21.5 Å². The molecule has 4 rings (SSSR count). The molecular weight excluding hydrogens is 462 g/mol. The van der Waals surface area contributed by atoms with Gasteiger partial charge in [0, 0.05) is 16.1 Å². The second-order valence-corrected chi connectivity index (χ2v) is 10.8. The number of carbonyl (C=O) groups excluding carboxylic acids is 1. The topological polar surface area (TPSA) is 72.2 Å². The molecule has 6 nitrogen and oxygen atoms in total. The molecule has 0 aliphatic rings. The van der Waals surface area contributed by atoms with Crippen molar-refractivity contribution in [2.24, 2.45) is 5.10 Å². The Bertz CT molecular complexity index is 1270. The number of benzene rings is 2. The van der Waals surface area contributed by atoms with Crippen LogP contribution in [0.3, 0.4) is 0 Å². The van der Waals surface area contributed by atoms with Crippen LogP contribution in [0.5, 0.6) is 0 Å². The van der Waals surface area contributed by atoms with Gasteiger partial charge >= 0.3 is 0 Å². The molecular formula is C26H27N5OS2. The van der Waals surface area contributed by atoms with Crippen molar-refractivity contribution in [1.82, 2.24) is 20.2 Å². The highest BCUT2D eigenvalue weighted by atomic mass is 32.2. The third-order valence-corrected chi connectivity index (χ3v) is 6.93. The minimum Gasteiger partial charge on any atom is -0.272 e. The van der Waals surface area contributed by atoms with Crippen molar-refractivity contribution in [3.8, 4) is 17.1 Å². The fraction of sp³-hybridized carbons (Fsp3) is 0.231. The lowest BCUT2D eigenvalue weighted by Gasteiger charge is -2.19. The molecule has 34 heavy (non-hydrogen) atoms. The number of thiophene rings is 1. The maximum atomic E-state index is 12.3. The quantitative estimate of drug-likeness (QED) is 0.201. The molecule has 174 valence electrons. The number of hydrazone groups is 1. The van der Waals surface area contributed by atoms with Crippen LogP contribution in [0.1, 0.15) is 36.8 Å². The Labute approximate surface area is 208 Å². The Hall–Kier alpha value is -3.23. The number of aromatic nitrogens is 3.